The Kier molecular flexibility index (Phi) is 5.88. The molecule has 0 aromatic carbocycles. The van der Waals surface area contributed by atoms with Crippen LogP contribution in [0.4, 0.5) is 0 Å². The second-order valence-electron chi connectivity index (χ2n) is 7.65. The first-order valence-electron chi connectivity index (χ1n) is 8.33. The van der Waals surface area contributed by atoms with E-state index in [1.54, 1.807) is 18.0 Å². The third-order valence-electron chi connectivity index (χ3n) is 4.89. The number of nitrogens with one attached hydrogen (secondary N) is 1. The van der Waals surface area contributed by atoms with Crippen LogP contribution in [-0.2, 0) is 9.16 Å². The van der Waals surface area contributed by atoms with Crippen LogP contribution in [0.2, 0.25) is 18.1 Å². The smallest absolute Gasteiger partial charge is 0.214 e. The molecule has 1 aromatic heterocycles. The molecule has 2 atom stereocenters. The van der Waals surface area contributed by atoms with E-state index in [-0.39, 0.29) is 24.0 Å². The van der Waals surface area contributed by atoms with Crippen molar-refractivity contribution in [3.05, 3.63) is 18.2 Å². The summed E-state index contributed by atoms with van der Waals surface area (Å²) in [6.45, 7) is 12.5. The second kappa shape index (κ2) is 7.34. The van der Waals surface area contributed by atoms with Gasteiger partial charge in [-0.15, -0.1) is 0 Å². The van der Waals surface area contributed by atoms with Gasteiger partial charge in [0.05, 0.1) is 6.20 Å². The molecule has 0 spiro atoms. The molecular formula is C16H31N3O3Si. The topological polar surface area (TPSA) is 57.5 Å². The normalized spacial score (nSPS) is 20.7. The van der Waals surface area contributed by atoms with Gasteiger partial charge in [0.25, 0.3) is 0 Å². The third kappa shape index (κ3) is 4.35. The molecule has 1 aromatic rings. The number of aromatic nitrogens is 2. The van der Waals surface area contributed by atoms with Crippen molar-refractivity contribution in [2.24, 2.45) is 0 Å². The molecule has 1 saturated heterocycles. The first-order valence-corrected chi connectivity index (χ1v) is 11.2. The van der Waals surface area contributed by atoms with E-state index < -0.39 is 8.32 Å². The summed E-state index contributed by atoms with van der Waals surface area (Å²) < 4.78 is 13.4. The predicted octanol–water partition coefficient (Wildman–Crippen LogP) is 2.73. The van der Waals surface area contributed by atoms with Crippen LogP contribution >= 0.6 is 0 Å². The lowest BCUT2D eigenvalue weighted by Gasteiger charge is -2.40. The molecule has 0 saturated carbocycles. The highest BCUT2D eigenvalue weighted by molar-refractivity contribution is 6.74. The summed E-state index contributed by atoms with van der Waals surface area (Å²) in [6.07, 6.45) is 5.72. The summed E-state index contributed by atoms with van der Waals surface area (Å²) in [5.74, 6) is 0.811. The van der Waals surface area contributed by atoms with Gasteiger partial charge in [0.1, 0.15) is 6.10 Å². The maximum atomic E-state index is 6.72. The lowest BCUT2D eigenvalue weighted by atomic mass is 10.1. The van der Waals surface area contributed by atoms with Crippen LogP contribution in [0, 0.1) is 0 Å². The first-order chi connectivity index (χ1) is 10.8. The van der Waals surface area contributed by atoms with Crippen LogP contribution in [0.25, 0.3) is 0 Å². The van der Waals surface area contributed by atoms with E-state index in [0.29, 0.717) is 0 Å². The average molecular weight is 342 g/mol. The summed E-state index contributed by atoms with van der Waals surface area (Å²) >= 11 is 0. The molecule has 0 radical (unpaired) electrons. The average Bonchev–Trinajstić information content (AvgIpc) is 3.12. The fourth-order valence-electron chi connectivity index (χ4n) is 2.50. The van der Waals surface area contributed by atoms with Crippen LogP contribution in [0.5, 0.6) is 0 Å². The number of nitrogens with zero attached hydrogens (tertiary/aromatic N) is 2. The van der Waals surface area contributed by atoms with Gasteiger partial charge in [-0.05, 0) is 37.5 Å². The summed E-state index contributed by atoms with van der Waals surface area (Å²) in [4.78, 5) is 10.1. The Labute approximate surface area is 140 Å². The minimum atomic E-state index is -1.93. The fourth-order valence-corrected chi connectivity index (χ4v) is 3.76. The molecule has 0 aliphatic carbocycles. The third-order valence-corrected chi connectivity index (χ3v) is 9.35. The zero-order valence-corrected chi connectivity index (χ0v) is 16.3. The van der Waals surface area contributed by atoms with Gasteiger partial charge in [0.2, 0.25) is 6.79 Å². The minimum absolute atomic E-state index is 0.106. The molecule has 1 fully saturated rings. The quantitative estimate of drug-likeness (QED) is 0.610. The van der Waals surface area contributed by atoms with Gasteiger partial charge < -0.3 is 19.3 Å². The van der Waals surface area contributed by atoms with Gasteiger partial charge in [-0.2, -0.15) is 4.73 Å². The monoisotopic (exact) mass is 341 g/mol. The van der Waals surface area contributed by atoms with Crippen molar-refractivity contribution < 1.29 is 14.0 Å². The summed E-state index contributed by atoms with van der Waals surface area (Å²) in [5.41, 5.74) is 0. The minimum Gasteiger partial charge on any atom is -0.405 e. The zero-order valence-electron chi connectivity index (χ0n) is 15.3. The number of rotatable bonds is 7. The second-order valence-corrected chi connectivity index (χ2v) is 12.4. The number of hydrogen-bond acceptors (Lipinski definition) is 5. The molecule has 23 heavy (non-hydrogen) atoms. The van der Waals surface area contributed by atoms with Crippen LogP contribution in [0.3, 0.4) is 0 Å². The Morgan fingerprint density at radius 1 is 1.43 bits per heavy atom. The Bertz CT molecular complexity index is 493. The molecule has 132 valence electrons. The Balaban J connectivity index is 2.26. The van der Waals surface area contributed by atoms with E-state index in [0.717, 1.165) is 18.8 Å². The van der Waals surface area contributed by atoms with Crippen LogP contribution < -0.4 is 10.2 Å². The molecular weight excluding hydrogens is 310 g/mol. The number of methoxy groups -OCH3 is 1. The van der Waals surface area contributed by atoms with Crippen molar-refractivity contribution in [1.29, 1.82) is 0 Å². The maximum Gasteiger partial charge on any atom is 0.214 e. The largest absolute Gasteiger partial charge is 0.405 e. The van der Waals surface area contributed by atoms with Gasteiger partial charge in [-0.3, -0.25) is 0 Å². The summed E-state index contributed by atoms with van der Waals surface area (Å²) in [7, 11) is -0.316. The van der Waals surface area contributed by atoms with Crippen molar-refractivity contribution >= 4 is 8.32 Å². The molecule has 1 aliphatic rings. The Morgan fingerprint density at radius 2 is 2.17 bits per heavy atom. The van der Waals surface area contributed by atoms with Crippen LogP contribution in [0.1, 0.15) is 45.5 Å². The Hall–Kier alpha value is -0.893. The number of imidazole rings is 1. The maximum absolute atomic E-state index is 6.72. The molecule has 2 rings (SSSR count). The highest BCUT2D eigenvalue weighted by Gasteiger charge is 2.43. The van der Waals surface area contributed by atoms with Crippen molar-refractivity contribution in [1.82, 2.24) is 15.0 Å². The van der Waals surface area contributed by atoms with E-state index in [1.165, 1.54) is 6.42 Å². The van der Waals surface area contributed by atoms with Crippen molar-refractivity contribution in [3.8, 4) is 0 Å². The number of ether oxygens (including phenoxy) is 1. The van der Waals surface area contributed by atoms with E-state index in [2.05, 4.69) is 44.2 Å². The van der Waals surface area contributed by atoms with Crippen LogP contribution in [0.15, 0.2) is 12.4 Å². The van der Waals surface area contributed by atoms with Crippen molar-refractivity contribution in [2.45, 2.75) is 63.9 Å². The lowest BCUT2D eigenvalue weighted by molar-refractivity contribution is -0.0477. The molecule has 2 heterocycles. The molecule has 0 amide bonds. The molecule has 6 nitrogen and oxygen atoms in total. The van der Waals surface area contributed by atoms with E-state index in [9.17, 15) is 0 Å². The van der Waals surface area contributed by atoms with E-state index in [4.69, 9.17) is 14.0 Å². The van der Waals surface area contributed by atoms with Crippen LogP contribution in [-0.4, -0.2) is 44.5 Å². The highest BCUT2D eigenvalue weighted by atomic mass is 28.4. The van der Waals surface area contributed by atoms with E-state index in [1.807, 2.05) is 6.20 Å². The van der Waals surface area contributed by atoms with E-state index >= 15 is 0 Å². The van der Waals surface area contributed by atoms with Gasteiger partial charge in [0.15, 0.2) is 14.1 Å². The van der Waals surface area contributed by atoms with Crippen molar-refractivity contribution in [3.63, 3.8) is 0 Å². The zero-order chi connectivity index (χ0) is 17.1. The standard InChI is InChI=1S/C16H31N3O3Si/c1-16(2,3)23(5,6)22-14(13-8-7-9-17-13)15-18-10-11-19(15)21-12-20-4/h10-11,13-14,17H,7-9,12H2,1-6H3/t13-,14+/m0/s1. The molecule has 0 bridgehead atoms. The molecule has 1 N–H and O–H groups in total. The summed E-state index contributed by atoms with van der Waals surface area (Å²) in [5, 5.41) is 3.71. The predicted molar refractivity (Wildman–Crippen MR) is 92.7 cm³/mol. The van der Waals surface area contributed by atoms with Gasteiger partial charge in [-0.25, -0.2) is 4.98 Å². The highest BCUT2D eigenvalue weighted by Crippen LogP contribution is 2.41. The summed E-state index contributed by atoms with van der Waals surface area (Å²) in [6, 6.07) is 0.274. The Morgan fingerprint density at radius 3 is 2.74 bits per heavy atom. The molecule has 7 heteroatoms. The molecule has 0 unspecified atom stereocenters. The van der Waals surface area contributed by atoms with Gasteiger partial charge in [-0.1, -0.05) is 20.8 Å². The fraction of sp³-hybridized carbons (Fsp3) is 0.812. The molecule has 1 aliphatic heterocycles. The lowest BCUT2D eigenvalue weighted by Crippen LogP contribution is -2.46. The first kappa shape index (κ1) is 18.4. The van der Waals surface area contributed by atoms with Gasteiger partial charge >= 0.3 is 0 Å². The SMILES string of the molecule is COCOn1ccnc1[C@H](O[Si](C)(C)C(C)(C)C)[C@@H]1CCCN1. The van der Waals surface area contributed by atoms with Crippen molar-refractivity contribution in [2.75, 3.05) is 20.4 Å². The van der Waals surface area contributed by atoms with Gasteiger partial charge in [0, 0.05) is 19.3 Å². The number of hydrogen-bond donors (Lipinski definition) is 1.